The van der Waals surface area contributed by atoms with Crippen LogP contribution >= 0.6 is 0 Å². The van der Waals surface area contributed by atoms with Gasteiger partial charge in [-0.25, -0.2) is 4.79 Å². The van der Waals surface area contributed by atoms with Crippen molar-refractivity contribution in [3.05, 3.63) is 45.9 Å². The van der Waals surface area contributed by atoms with Gasteiger partial charge in [-0.05, 0) is 24.7 Å². The molecule has 0 aromatic heterocycles. The molecule has 18 heavy (non-hydrogen) atoms. The molecule has 0 aromatic carbocycles. The number of rotatable bonds is 2. The highest BCUT2D eigenvalue weighted by molar-refractivity contribution is 6.55. The summed E-state index contributed by atoms with van der Waals surface area (Å²) in [6.07, 6.45) is 1.83. The van der Waals surface area contributed by atoms with Crippen molar-refractivity contribution in [2.24, 2.45) is 0 Å². The summed E-state index contributed by atoms with van der Waals surface area (Å²) in [5.74, 6) is -0.638. The third-order valence-electron chi connectivity index (χ3n) is 3.11. The zero-order valence-corrected chi connectivity index (χ0v) is 9.72. The Hall–Kier alpha value is -0.805. The molecule has 1 aliphatic carbocycles. The predicted molar refractivity (Wildman–Crippen MR) is 61.9 cm³/mol. The Morgan fingerprint density at radius 1 is 1.17 bits per heavy atom. The van der Waals surface area contributed by atoms with Crippen molar-refractivity contribution in [3.8, 4) is 0 Å². The van der Waals surface area contributed by atoms with E-state index in [1.807, 2.05) is 0 Å². The zero-order chi connectivity index (χ0) is 13.6. The van der Waals surface area contributed by atoms with Gasteiger partial charge in [-0.1, -0.05) is 0 Å². The lowest BCUT2D eigenvalue weighted by Gasteiger charge is -2.30. The first-order valence-corrected chi connectivity index (χ1v) is 5.42. The molecular weight excluding hydrogens is 231 g/mol. The lowest BCUT2D eigenvalue weighted by molar-refractivity contribution is -0.134. The van der Waals surface area contributed by atoms with Gasteiger partial charge in [0.05, 0.1) is 11.2 Å². The molecule has 1 saturated heterocycles. The van der Waals surface area contributed by atoms with E-state index in [1.54, 1.807) is 0 Å². The lowest BCUT2D eigenvalue weighted by atomic mass is 9.75. The van der Waals surface area contributed by atoms with Crippen LogP contribution in [0.5, 0.6) is 0 Å². The van der Waals surface area contributed by atoms with Gasteiger partial charge in [0.25, 0.3) is 0 Å². The molecule has 90 valence electrons. The largest absolute Gasteiger partial charge is 0.491 e. The summed E-state index contributed by atoms with van der Waals surface area (Å²) in [6, 6.07) is 0. The summed E-state index contributed by atoms with van der Waals surface area (Å²) < 4.78 is 14.7. The molecule has 0 aromatic rings. The van der Waals surface area contributed by atoms with Crippen LogP contribution in [0.2, 0.25) is 0 Å². The van der Waals surface area contributed by atoms with Crippen LogP contribution in [0, 0.1) is 34.8 Å². The molecule has 1 fully saturated rings. The van der Waals surface area contributed by atoms with Gasteiger partial charge in [-0.3, -0.25) is 0 Å². The van der Waals surface area contributed by atoms with E-state index in [9.17, 15) is 4.79 Å². The van der Waals surface area contributed by atoms with Gasteiger partial charge in [0.15, 0.2) is 7.11 Å². The molecule has 1 aliphatic heterocycles. The van der Waals surface area contributed by atoms with E-state index in [4.69, 9.17) is 44.1 Å². The summed E-state index contributed by atoms with van der Waals surface area (Å²) in [5, 5.41) is 0. The van der Waals surface area contributed by atoms with E-state index in [0.29, 0.717) is 23.9 Å². The van der Waals surface area contributed by atoms with E-state index >= 15 is 0 Å². The fraction of sp³-hybridized carbons (Fsp3) is 0.385. The smallest absolute Gasteiger partial charge is 0.451 e. The third kappa shape index (κ3) is 2.10. The first-order chi connectivity index (χ1) is 8.28. The third-order valence-corrected chi connectivity index (χ3v) is 3.11. The summed E-state index contributed by atoms with van der Waals surface area (Å²) in [7, 11) is 3.89. The lowest BCUT2D eigenvalue weighted by Crippen LogP contribution is -2.43. The molecule has 4 nitrogen and oxygen atoms in total. The van der Waals surface area contributed by atoms with E-state index in [-0.39, 0.29) is 0 Å². The molecular formula is C13H11BO4. The Labute approximate surface area is 109 Å². The first-order valence-electron chi connectivity index (χ1n) is 5.42. The minimum atomic E-state index is -1.84. The molecule has 2 aliphatic rings. The van der Waals surface area contributed by atoms with Gasteiger partial charge >= 0.3 is 13.1 Å². The second-order valence-corrected chi connectivity index (χ2v) is 4.42. The van der Waals surface area contributed by atoms with Gasteiger partial charge in [0.1, 0.15) is 0 Å². The Kier molecular flexibility index (Phi) is 3.32. The average molecular weight is 242 g/mol. The van der Waals surface area contributed by atoms with Crippen LogP contribution in [-0.4, -0.2) is 24.3 Å². The van der Waals surface area contributed by atoms with Crippen LogP contribution in [0.15, 0.2) is 11.0 Å². The summed E-state index contributed by atoms with van der Waals surface area (Å²) in [6.45, 7) is 22.3. The molecule has 0 bridgehead atoms. The van der Waals surface area contributed by atoms with Gasteiger partial charge in [0.2, 0.25) is 0 Å². The molecule has 0 N–H and O–H groups in total. The molecule has 0 unspecified atom stereocenters. The second kappa shape index (κ2) is 4.39. The molecule has 2 rings (SSSR count). The normalized spacial score (nSPS) is 25.7. The minimum Gasteiger partial charge on any atom is -0.451 e. The van der Waals surface area contributed by atoms with E-state index in [2.05, 4.69) is 4.74 Å². The number of esters is 1. The van der Waals surface area contributed by atoms with Crippen molar-refractivity contribution in [3.63, 3.8) is 0 Å². The molecule has 0 atom stereocenters. The number of allylic oxidation sites excluding steroid dienone is 1. The van der Waals surface area contributed by atoms with Crippen molar-refractivity contribution >= 4 is 13.1 Å². The second-order valence-electron chi connectivity index (χ2n) is 4.42. The van der Waals surface area contributed by atoms with Crippen molar-refractivity contribution < 1.29 is 18.8 Å². The van der Waals surface area contributed by atoms with Crippen LogP contribution in [-0.2, 0) is 18.8 Å². The maximum absolute atomic E-state index is 11.5. The van der Waals surface area contributed by atoms with E-state index in [0.717, 1.165) is 6.42 Å². The number of carbonyl (C=O) groups excluding carboxylic acids is 1. The number of hydrogen-bond acceptors (Lipinski definition) is 4. The highest BCUT2D eigenvalue weighted by Crippen LogP contribution is 2.41. The van der Waals surface area contributed by atoms with Crippen LogP contribution < -0.4 is 0 Å². The van der Waals surface area contributed by atoms with Gasteiger partial charge < -0.3 is 14.0 Å². The molecule has 0 amide bonds. The van der Waals surface area contributed by atoms with Gasteiger partial charge in [-0.2, -0.15) is 0 Å². The summed E-state index contributed by atoms with van der Waals surface area (Å²) in [4.78, 5) is 11.5. The Balaban J connectivity index is 2.26. The zero-order valence-electron chi connectivity index (χ0n) is 9.72. The van der Waals surface area contributed by atoms with Crippen LogP contribution in [0.1, 0.15) is 19.3 Å². The molecule has 0 saturated carbocycles. The van der Waals surface area contributed by atoms with E-state index < -0.39 is 24.3 Å². The van der Waals surface area contributed by atoms with Gasteiger partial charge in [0, 0.05) is 33.3 Å². The van der Waals surface area contributed by atoms with Crippen molar-refractivity contribution in [2.75, 3.05) is 0 Å². The highest BCUT2D eigenvalue weighted by Gasteiger charge is 2.54. The summed E-state index contributed by atoms with van der Waals surface area (Å²) in [5.41, 5.74) is -2.74. The van der Waals surface area contributed by atoms with Crippen molar-refractivity contribution in [2.45, 2.75) is 30.5 Å². The van der Waals surface area contributed by atoms with Crippen LogP contribution in [0.25, 0.3) is 0 Å². The fourth-order valence-electron chi connectivity index (χ4n) is 2.04. The monoisotopic (exact) mass is 242 g/mol. The standard InChI is InChI=1S/C13H11BO4/c1-12(2)13(3,4)18-14(17-12)10-8-6-7-9(10)11(15)16-5/h1-5H,6-8H2. The maximum Gasteiger partial charge on any atom is 0.491 e. The maximum atomic E-state index is 11.5. The SMILES string of the molecule is [CH]OC(=O)C1=C(B2OC([CH])([CH])C([CH])([CH])O2)CCC1. The molecule has 10 radical (unpaired) electrons. The quantitative estimate of drug-likeness (QED) is 0.536. The van der Waals surface area contributed by atoms with Gasteiger partial charge in [-0.15, -0.1) is 0 Å². The molecule has 5 heteroatoms. The number of hydrogen-bond donors (Lipinski definition) is 0. The van der Waals surface area contributed by atoms with Crippen LogP contribution in [0.3, 0.4) is 0 Å². The summed E-state index contributed by atoms with van der Waals surface area (Å²) >= 11 is 0. The number of ether oxygens (including phenoxy) is 1. The highest BCUT2D eigenvalue weighted by atomic mass is 16.7. The van der Waals surface area contributed by atoms with Crippen LogP contribution in [0.4, 0.5) is 0 Å². The Morgan fingerprint density at radius 2 is 1.72 bits per heavy atom. The molecule has 0 spiro atoms. The number of carbonyl (C=O) groups is 1. The Bertz CT molecular complexity index is 382. The first kappa shape index (κ1) is 13.6. The Morgan fingerprint density at radius 3 is 2.22 bits per heavy atom. The predicted octanol–water partition coefficient (Wildman–Crippen LogP) is 1.07. The molecule has 1 heterocycles. The topological polar surface area (TPSA) is 44.8 Å². The minimum absolute atomic E-state index is 0.385. The van der Waals surface area contributed by atoms with Crippen molar-refractivity contribution in [1.29, 1.82) is 0 Å². The average Bonchev–Trinajstić information content (AvgIpc) is 2.81. The van der Waals surface area contributed by atoms with E-state index in [1.165, 1.54) is 0 Å². The fourth-order valence-corrected chi connectivity index (χ4v) is 2.04. The van der Waals surface area contributed by atoms with Crippen molar-refractivity contribution in [1.82, 2.24) is 0 Å².